The number of nitrogens with zero attached hydrogens (tertiary/aromatic N) is 1. The van der Waals surface area contributed by atoms with Gasteiger partial charge in [0, 0.05) is 18.0 Å². The molecule has 4 heteroatoms. The number of carbonyl (C=O) groups is 1. The van der Waals surface area contributed by atoms with Crippen LogP contribution in [0.2, 0.25) is 0 Å². The SMILES string of the molecule is O=C(CC1(c2ccccc2)C2CC3CC1CC(C2)C3O)NCc1ccccn1. The maximum atomic E-state index is 13.1. The summed E-state index contributed by atoms with van der Waals surface area (Å²) in [6, 6.07) is 16.5. The van der Waals surface area contributed by atoms with Crippen LogP contribution in [0.3, 0.4) is 0 Å². The van der Waals surface area contributed by atoms with Crippen molar-refractivity contribution in [2.75, 3.05) is 0 Å². The maximum absolute atomic E-state index is 13.1. The fraction of sp³-hybridized carbons (Fsp3) is 0.500. The highest BCUT2D eigenvalue weighted by Crippen LogP contribution is 2.64. The Morgan fingerprint density at radius 3 is 2.25 bits per heavy atom. The highest BCUT2D eigenvalue weighted by Gasteiger charge is 2.60. The fourth-order valence-corrected chi connectivity index (χ4v) is 6.59. The number of rotatable bonds is 5. The molecule has 4 bridgehead atoms. The largest absolute Gasteiger partial charge is 0.393 e. The third kappa shape index (κ3) is 2.86. The summed E-state index contributed by atoms with van der Waals surface area (Å²) in [5.74, 6) is 1.94. The number of benzene rings is 1. The molecule has 2 N–H and O–H groups in total. The van der Waals surface area contributed by atoms with Crippen LogP contribution in [-0.4, -0.2) is 22.1 Å². The lowest BCUT2D eigenvalue weighted by Crippen LogP contribution is -2.61. The first kappa shape index (κ1) is 17.9. The molecular weight excluding hydrogens is 348 g/mol. The standard InChI is InChI=1S/C24H28N2O2/c27-22(26-15-21-8-4-5-9-25-21)14-24(18-6-2-1-3-7-18)19-10-16-11-20(24)13-17(12-19)23(16)28/h1-9,16-17,19-20,23,28H,10-15H2,(H,26,27). The van der Waals surface area contributed by atoms with Gasteiger partial charge in [0.15, 0.2) is 0 Å². The lowest BCUT2D eigenvalue weighted by molar-refractivity contribution is -0.147. The van der Waals surface area contributed by atoms with Gasteiger partial charge in [-0.1, -0.05) is 36.4 Å². The molecule has 6 rings (SSSR count). The number of nitrogens with one attached hydrogen (secondary N) is 1. The molecule has 0 unspecified atom stereocenters. The van der Waals surface area contributed by atoms with Crippen LogP contribution in [0, 0.1) is 23.7 Å². The van der Waals surface area contributed by atoms with Crippen molar-refractivity contribution in [1.82, 2.24) is 10.3 Å². The number of aromatic nitrogens is 1. The van der Waals surface area contributed by atoms with Gasteiger partial charge in [0.1, 0.15) is 0 Å². The van der Waals surface area contributed by atoms with E-state index in [0.717, 1.165) is 31.4 Å². The topological polar surface area (TPSA) is 62.2 Å². The summed E-state index contributed by atoms with van der Waals surface area (Å²) in [6.45, 7) is 0.476. The molecule has 4 aliphatic carbocycles. The molecular formula is C24H28N2O2. The van der Waals surface area contributed by atoms with Crippen molar-refractivity contribution < 1.29 is 9.90 Å². The first-order valence-corrected chi connectivity index (χ1v) is 10.6. The van der Waals surface area contributed by atoms with Crippen molar-refractivity contribution in [2.45, 2.75) is 50.2 Å². The van der Waals surface area contributed by atoms with Gasteiger partial charge in [-0.15, -0.1) is 0 Å². The monoisotopic (exact) mass is 376 g/mol. The zero-order valence-corrected chi connectivity index (χ0v) is 16.1. The Bertz CT molecular complexity index is 806. The van der Waals surface area contributed by atoms with E-state index in [1.807, 2.05) is 18.2 Å². The molecule has 4 aliphatic rings. The minimum Gasteiger partial charge on any atom is -0.393 e. The molecule has 0 aliphatic heterocycles. The minimum atomic E-state index is -0.126. The third-order valence-corrected chi connectivity index (χ3v) is 7.73. The Kier molecular flexibility index (Phi) is 4.47. The van der Waals surface area contributed by atoms with E-state index < -0.39 is 0 Å². The minimum absolute atomic E-state index is 0.0946. The van der Waals surface area contributed by atoms with Crippen LogP contribution in [0.25, 0.3) is 0 Å². The van der Waals surface area contributed by atoms with E-state index >= 15 is 0 Å². The van der Waals surface area contributed by atoms with E-state index in [1.54, 1.807) is 6.20 Å². The van der Waals surface area contributed by atoms with Gasteiger partial charge in [0.25, 0.3) is 0 Å². The Morgan fingerprint density at radius 2 is 1.64 bits per heavy atom. The molecule has 0 atom stereocenters. The number of aliphatic hydroxyl groups is 1. The van der Waals surface area contributed by atoms with Crippen molar-refractivity contribution in [3.8, 4) is 0 Å². The predicted molar refractivity (Wildman–Crippen MR) is 107 cm³/mol. The summed E-state index contributed by atoms with van der Waals surface area (Å²) in [6.07, 6.45) is 6.38. The van der Waals surface area contributed by atoms with Gasteiger partial charge < -0.3 is 10.4 Å². The normalized spacial score (nSPS) is 35.7. The van der Waals surface area contributed by atoms with E-state index in [-0.39, 0.29) is 17.4 Å². The van der Waals surface area contributed by atoms with Crippen molar-refractivity contribution in [3.05, 3.63) is 66.0 Å². The molecule has 146 valence electrons. The molecule has 1 aromatic carbocycles. The van der Waals surface area contributed by atoms with Gasteiger partial charge in [-0.2, -0.15) is 0 Å². The van der Waals surface area contributed by atoms with Crippen molar-refractivity contribution in [1.29, 1.82) is 0 Å². The zero-order chi connectivity index (χ0) is 19.1. The molecule has 0 spiro atoms. The molecule has 28 heavy (non-hydrogen) atoms. The van der Waals surface area contributed by atoms with E-state index in [9.17, 15) is 9.90 Å². The van der Waals surface area contributed by atoms with Crippen molar-refractivity contribution in [3.63, 3.8) is 0 Å². The number of carbonyl (C=O) groups excluding carboxylic acids is 1. The first-order chi connectivity index (χ1) is 13.7. The fourth-order valence-electron chi connectivity index (χ4n) is 6.59. The predicted octanol–water partition coefficient (Wildman–Crippen LogP) is 3.45. The maximum Gasteiger partial charge on any atom is 0.221 e. The summed E-state index contributed by atoms with van der Waals surface area (Å²) in [5.41, 5.74) is 2.10. The Balaban J connectivity index is 1.41. The number of amides is 1. The van der Waals surface area contributed by atoms with E-state index in [0.29, 0.717) is 36.6 Å². The van der Waals surface area contributed by atoms with Gasteiger partial charge in [0.05, 0.1) is 18.3 Å². The second kappa shape index (κ2) is 7.00. The number of hydrogen-bond acceptors (Lipinski definition) is 3. The van der Waals surface area contributed by atoms with Gasteiger partial charge in [-0.3, -0.25) is 9.78 Å². The average Bonchev–Trinajstić information content (AvgIpc) is 2.72. The van der Waals surface area contributed by atoms with Crippen LogP contribution >= 0.6 is 0 Å². The molecule has 4 fully saturated rings. The van der Waals surface area contributed by atoms with Crippen molar-refractivity contribution in [2.24, 2.45) is 23.7 Å². The second-order valence-electron chi connectivity index (χ2n) is 9.03. The summed E-state index contributed by atoms with van der Waals surface area (Å²) >= 11 is 0. The number of pyridine rings is 1. The molecule has 4 saturated carbocycles. The Labute approximate surface area is 166 Å². The van der Waals surface area contributed by atoms with Crippen LogP contribution in [0.4, 0.5) is 0 Å². The summed E-state index contributed by atoms with van der Waals surface area (Å²) in [4.78, 5) is 17.4. The first-order valence-electron chi connectivity index (χ1n) is 10.6. The van der Waals surface area contributed by atoms with Crippen LogP contribution in [-0.2, 0) is 16.8 Å². The Hall–Kier alpha value is -2.20. The van der Waals surface area contributed by atoms with Crippen LogP contribution in [0.15, 0.2) is 54.7 Å². The van der Waals surface area contributed by atoms with Gasteiger partial charge >= 0.3 is 0 Å². The lowest BCUT2D eigenvalue weighted by atomic mass is 9.42. The van der Waals surface area contributed by atoms with E-state index in [1.165, 1.54) is 5.56 Å². The van der Waals surface area contributed by atoms with Gasteiger partial charge in [0.2, 0.25) is 5.91 Å². The lowest BCUT2D eigenvalue weighted by Gasteiger charge is -2.63. The molecule has 2 aromatic rings. The molecule has 1 aromatic heterocycles. The van der Waals surface area contributed by atoms with Crippen LogP contribution < -0.4 is 5.32 Å². The summed E-state index contributed by atoms with van der Waals surface area (Å²) in [5, 5.41) is 13.7. The molecule has 1 heterocycles. The van der Waals surface area contributed by atoms with Crippen molar-refractivity contribution >= 4 is 5.91 Å². The van der Waals surface area contributed by atoms with Gasteiger partial charge in [-0.25, -0.2) is 0 Å². The third-order valence-electron chi connectivity index (χ3n) is 7.73. The average molecular weight is 376 g/mol. The van der Waals surface area contributed by atoms with Crippen LogP contribution in [0.5, 0.6) is 0 Å². The van der Waals surface area contributed by atoms with E-state index in [4.69, 9.17) is 0 Å². The summed E-state index contributed by atoms with van der Waals surface area (Å²) < 4.78 is 0. The molecule has 0 saturated heterocycles. The molecule has 4 nitrogen and oxygen atoms in total. The molecule has 1 amide bonds. The highest BCUT2D eigenvalue weighted by atomic mass is 16.3. The highest BCUT2D eigenvalue weighted by molar-refractivity contribution is 5.78. The second-order valence-corrected chi connectivity index (χ2v) is 9.03. The number of hydrogen-bond donors (Lipinski definition) is 2. The zero-order valence-electron chi connectivity index (χ0n) is 16.1. The molecule has 0 radical (unpaired) electrons. The van der Waals surface area contributed by atoms with Crippen LogP contribution in [0.1, 0.15) is 43.4 Å². The Morgan fingerprint density at radius 1 is 1.00 bits per heavy atom. The quantitative estimate of drug-likeness (QED) is 0.840. The summed E-state index contributed by atoms with van der Waals surface area (Å²) in [7, 11) is 0. The smallest absolute Gasteiger partial charge is 0.221 e. The van der Waals surface area contributed by atoms with E-state index in [2.05, 4.69) is 40.6 Å². The van der Waals surface area contributed by atoms with Gasteiger partial charge in [-0.05, 0) is 67.1 Å². The number of aliphatic hydroxyl groups excluding tert-OH is 1.